The van der Waals surface area contributed by atoms with E-state index in [9.17, 15) is 22.4 Å². The summed E-state index contributed by atoms with van der Waals surface area (Å²) in [7, 11) is -2.64. The third kappa shape index (κ3) is 7.64. The highest BCUT2D eigenvalue weighted by Crippen LogP contribution is 2.25. The maximum absolute atomic E-state index is 14.0. The van der Waals surface area contributed by atoms with Crippen molar-refractivity contribution in [3.05, 3.63) is 90.2 Å². The zero-order valence-electron chi connectivity index (χ0n) is 23.3. The van der Waals surface area contributed by atoms with Crippen LogP contribution in [0.15, 0.2) is 83.8 Å². The van der Waals surface area contributed by atoms with Gasteiger partial charge in [0.1, 0.15) is 24.2 Å². The molecule has 0 bridgehead atoms. The number of rotatable bonds is 11. The van der Waals surface area contributed by atoms with Crippen LogP contribution in [0.3, 0.4) is 0 Å². The fourth-order valence-corrected chi connectivity index (χ4v) is 6.37. The first-order valence-corrected chi connectivity index (χ1v) is 15.2. The van der Waals surface area contributed by atoms with E-state index in [-0.39, 0.29) is 29.1 Å². The van der Waals surface area contributed by atoms with Gasteiger partial charge < -0.3 is 15.0 Å². The van der Waals surface area contributed by atoms with E-state index in [4.69, 9.17) is 4.74 Å². The first-order chi connectivity index (χ1) is 19.7. The average Bonchev–Trinajstić information content (AvgIpc) is 3.00. The molecule has 1 atom stereocenters. The molecule has 2 amide bonds. The van der Waals surface area contributed by atoms with Gasteiger partial charge in [-0.25, -0.2) is 12.8 Å². The Hall–Kier alpha value is -3.92. The van der Waals surface area contributed by atoms with E-state index in [1.807, 2.05) is 0 Å². The fraction of sp³-hybridized carbons (Fsp3) is 0.355. The van der Waals surface area contributed by atoms with Crippen molar-refractivity contribution >= 4 is 27.5 Å². The predicted molar refractivity (Wildman–Crippen MR) is 155 cm³/mol. The average molecular weight is 582 g/mol. The van der Waals surface area contributed by atoms with Crippen LogP contribution < -0.4 is 14.4 Å². The molecule has 1 aliphatic rings. The summed E-state index contributed by atoms with van der Waals surface area (Å²) in [6.45, 7) is 1.14. The van der Waals surface area contributed by atoms with Crippen LogP contribution in [-0.2, 0) is 26.2 Å². The van der Waals surface area contributed by atoms with E-state index in [0.717, 1.165) is 54.1 Å². The lowest BCUT2D eigenvalue weighted by Gasteiger charge is -2.33. The third-order valence-electron chi connectivity index (χ3n) is 7.36. The second-order valence-corrected chi connectivity index (χ2v) is 12.1. The molecule has 1 N–H and O–H groups in total. The fourth-order valence-electron chi connectivity index (χ4n) is 4.93. The van der Waals surface area contributed by atoms with Crippen LogP contribution in [0.4, 0.5) is 10.1 Å². The van der Waals surface area contributed by atoms with Crippen molar-refractivity contribution in [3.8, 4) is 5.75 Å². The molecule has 0 saturated heterocycles. The number of ether oxygens (including phenoxy) is 1. The third-order valence-corrected chi connectivity index (χ3v) is 9.14. The van der Waals surface area contributed by atoms with Gasteiger partial charge in [-0.05, 0) is 73.9 Å². The van der Waals surface area contributed by atoms with Crippen LogP contribution in [0.2, 0.25) is 0 Å². The number of nitrogens with one attached hydrogen (secondary N) is 1. The Morgan fingerprint density at radius 1 is 0.951 bits per heavy atom. The SMILES string of the molecule is COc1ccc(CN(C(=O)CN(c2ccc(F)cc2)S(=O)(=O)c2ccccc2)C(C)C(=O)NC2CCCCC2)cc1. The zero-order valence-corrected chi connectivity index (χ0v) is 24.1. The van der Waals surface area contributed by atoms with Crippen LogP contribution in [-0.4, -0.2) is 50.9 Å². The van der Waals surface area contributed by atoms with Crippen molar-refractivity contribution in [1.82, 2.24) is 10.2 Å². The van der Waals surface area contributed by atoms with Gasteiger partial charge >= 0.3 is 0 Å². The van der Waals surface area contributed by atoms with Crippen LogP contribution >= 0.6 is 0 Å². The Balaban J connectivity index is 1.65. The monoisotopic (exact) mass is 581 g/mol. The van der Waals surface area contributed by atoms with E-state index in [1.165, 1.54) is 29.2 Å². The zero-order chi connectivity index (χ0) is 29.4. The Morgan fingerprint density at radius 3 is 2.20 bits per heavy atom. The maximum atomic E-state index is 14.0. The summed E-state index contributed by atoms with van der Waals surface area (Å²) in [4.78, 5) is 28.7. The summed E-state index contributed by atoms with van der Waals surface area (Å²) in [5, 5.41) is 3.08. The van der Waals surface area contributed by atoms with Crippen molar-refractivity contribution in [1.29, 1.82) is 0 Å². The molecule has 10 heteroatoms. The molecular formula is C31H36FN3O5S. The molecule has 1 saturated carbocycles. The molecule has 218 valence electrons. The van der Waals surface area contributed by atoms with E-state index in [1.54, 1.807) is 56.5 Å². The van der Waals surface area contributed by atoms with Crippen molar-refractivity contribution in [2.24, 2.45) is 0 Å². The molecule has 8 nitrogen and oxygen atoms in total. The molecule has 1 unspecified atom stereocenters. The standard InChI is InChI=1S/C31H36FN3O5S/c1-23(31(37)33-26-9-5-3-6-10-26)34(21-24-13-19-28(40-2)20-14-24)30(36)22-35(27-17-15-25(32)16-18-27)41(38,39)29-11-7-4-8-12-29/h4,7-8,11-20,23,26H,3,5-6,9-10,21-22H2,1-2H3,(H,33,37). The highest BCUT2D eigenvalue weighted by molar-refractivity contribution is 7.92. The number of methoxy groups -OCH3 is 1. The summed E-state index contributed by atoms with van der Waals surface area (Å²) in [6, 6.07) is 18.9. The summed E-state index contributed by atoms with van der Waals surface area (Å²) >= 11 is 0. The Labute approximate surface area is 241 Å². The van der Waals surface area contributed by atoms with Crippen LogP contribution in [0.5, 0.6) is 5.75 Å². The lowest BCUT2D eigenvalue weighted by atomic mass is 9.95. The number of carbonyl (C=O) groups is 2. The first-order valence-electron chi connectivity index (χ1n) is 13.7. The smallest absolute Gasteiger partial charge is 0.264 e. The molecule has 4 rings (SSSR count). The van der Waals surface area contributed by atoms with Gasteiger partial charge in [0.2, 0.25) is 11.8 Å². The molecule has 3 aromatic rings. The number of sulfonamides is 1. The molecule has 0 spiro atoms. The number of hydrogen-bond donors (Lipinski definition) is 1. The topological polar surface area (TPSA) is 96.0 Å². The molecule has 1 aliphatic carbocycles. The predicted octanol–water partition coefficient (Wildman–Crippen LogP) is 4.90. The molecule has 41 heavy (non-hydrogen) atoms. The maximum Gasteiger partial charge on any atom is 0.264 e. The van der Waals surface area contributed by atoms with Crippen molar-refractivity contribution in [2.45, 2.75) is 62.6 Å². The largest absolute Gasteiger partial charge is 0.497 e. The van der Waals surface area contributed by atoms with Gasteiger partial charge in [-0.1, -0.05) is 49.6 Å². The second kappa shape index (κ2) is 13.6. The van der Waals surface area contributed by atoms with Gasteiger partial charge in [-0.2, -0.15) is 0 Å². The van der Waals surface area contributed by atoms with Gasteiger partial charge in [0.05, 0.1) is 17.7 Å². The summed E-state index contributed by atoms with van der Waals surface area (Å²) in [6.07, 6.45) is 4.99. The number of nitrogens with zero attached hydrogens (tertiary/aromatic N) is 2. The summed E-state index contributed by atoms with van der Waals surface area (Å²) < 4.78 is 47.4. The van der Waals surface area contributed by atoms with E-state index < -0.39 is 34.3 Å². The van der Waals surface area contributed by atoms with E-state index >= 15 is 0 Å². The number of anilines is 1. The van der Waals surface area contributed by atoms with Gasteiger partial charge in [-0.15, -0.1) is 0 Å². The van der Waals surface area contributed by atoms with E-state index in [2.05, 4.69) is 5.32 Å². The highest BCUT2D eigenvalue weighted by atomic mass is 32.2. The second-order valence-electron chi connectivity index (χ2n) is 10.2. The molecular weight excluding hydrogens is 545 g/mol. The number of benzene rings is 3. The van der Waals surface area contributed by atoms with Crippen molar-refractivity contribution < 1.29 is 27.1 Å². The number of halogens is 1. The molecule has 0 aromatic heterocycles. The van der Waals surface area contributed by atoms with Gasteiger partial charge in [-0.3, -0.25) is 13.9 Å². The Morgan fingerprint density at radius 2 is 1.59 bits per heavy atom. The van der Waals surface area contributed by atoms with Crippen LogP contribution in [0.1, 0.15) is 44.6 Å². The summed E-state index contributed by atoms with van der Waals surface area (Å²) in [5.41, 5.74) is 0.878. The lowest BCUT2D eigenvalue weighted by Crippen LogP contribution is -2.53. The lowest BCUT2D eigenvalue weighted by molar-refractivity contribution is -0.139. The number of carbonyl (C=O) groups excluding carboxylic acids is 2. The first kappa shape index (κ1) is 30.0. The van der Waals surface area contributed by atoms with Gasteiger partial charge in [0, 0.05) is 12.6 Å². The van der Waals surface area contributed by atoms with Gasteiger partial charge in [0.25, 0.3) is 10.0 Å². The minimum Gasteiger partial charge on any atom is -0.497 e. The molecule has 0 radical (unpaired) electrons. The normalized spacial score (nSPS) is 14.6. The van der Waals surface area contributed by atoms with Gasteiger partial charge in [0.15, 0.2) is 0 Å². The molecule has 0 heterocycles. The Kier molecular flexibility index (Phi) is 9.99. The molecule has 3 aromatic carbocycles. The minimum atomic E-state index is -4.20. The van der Waals surface area contributed by atoms with Crippen LogP contribution in [0, 0.1) is 5.82 Å². The van der Waals surface area contributed by atoms with Crippen molar-refractivity contribution in [2.75, 3.05) is 18.0 Å². The Bertz CT molecular complexity index is 1410. The number of hydrogen-bond acceptors (Lipinski definition) is 5. The molecule has 1 fully saturated rings. The minimum absolute atomic E-state index is 0.0121. The number of amides is 2. The molecule has 0 aliphatic heterocycles. The highest BCUT2D eigenvalue weighted by Gasteiger charge is 2.33. The van der Waals surface area contributed by atoms with Crippen LogP contribution in [0.25, 0.3) is 0 Å². The van der Waals surface area contributed by atoms with Crippen molar-refractivity contribution in [3.63, 3.8) is 0 Å². The summed E-state index contributed by atoms with van der Waals surface area (Å²) in [5.74, 6) is -0.758. The van der Waals surface area contributed by atoms with E-state index in [0.29, 0.717) is 5.75 Å². The quantitative estimate of drug-likeness (QED) is 0.348.